The molecule has 0 fully saturated rings. The van der Waals surface area contributed by atoms with Gasteiger partial charge in [-0.15, -0.1) is 0 Å². The lowest BCUT2D eigenvalue weighted by Gasteiger charge is -2.01. The van der Waals surface area contributed by atoms with E-state index in [0.717, 1.165) is 32.2 Å². The predicted molar refractivity (Wildman–Crippen MR) is 47.3 cm³/mol. The molecule has 0 radical (unpaired) electrons. The molecule has 4 heteroatoms. The van der Waals surface area contributed by atoms with E-state index in [1.807, 2.05) is 0 Å². The smallest absolute Gasteiger partial charge is 0.243 e. The van der Waals surface area contributed by atoms with Crippen LogP contribution in [0.15, 0.2) is 0 Å². The van der Waals surface area contributed by atoms with E-state index < -0.39 is 0 Å². The molecule has 0 aliphatic heterocycles. The Morgan fingerprint density at radius 3 is 2.58 bits per heavy atom. The Morgan fingerprint density at radius 2 is 2.00 bits per heavy atom. The Bertz CT molecular complexity index is 118. The standard InChI is InChI=1S/C8H18N2O2/c1-12-10-8(11)6-4-2-3-5-7-9/h2-7,9H2,1H3,(H,10,11). The van der Waals surface area contributed by atoms with E-state index in [2.05, 4.69) is 10.3 Å². The summed E-state index contributed by atoms with van der Waals surface area (Å²) in [6, 6.07) is 0. The molecule has 0 aromatic heterocycles. The molecule has 0 saturated heterocycles. The first kappa shape index (κ1) is 11.4. The van der Waals surface area contributed by atoms with Gasteiger partial charge in [0.25, 0.3) is 0 Å². The fourth-order valence-electron chi connectivity index (χ4n) is 0.948. The molecule has 0 aromatic carbocycles. The third-order valence-electron chi connectivity index (χ3n) is 1.57. The summed E-state index contributed by atoms with van der Waals surface area (Å²) in [5.41, 5.74) is 7.59. The molecule has 0 aromatic rings. The number of amides is 1. The Labute approximate surface area is 73.4 Å². The van der Waals surface area contributed by atoms with Gasteiger partial charge in [0.15, 0.2) is 0 Å². The first-order valence-electron chi connectivity index (χ1n) is 4.33. The van der Waals surface area contributed by atoms with Gasteiger partial charge in [0, 0.05) is 6.42 Å². The molecule has 0 heterocycles. The van der Waals surface area contributed by atoms with Gasteiger partial charge in [0.2, 0.25) is 5.91 Å². The lowest BCUT2D eigenvalue weighted by atomic mass is 10.1. The molecule has 12 heavy (non-hydrogen) atoms. The van der Waals surface area contributed by atoms with Crippen molar-refractivity contribution >= 4 is 5.91 Å². The van der Waals surface area contributed by atoms with E-state index in [0.29, 0.717) is 6.42 Å². The van der Waals surface area contributed by atoms with Gasteiger partial charge in [0.1, 0.15) is 0 Å². The van der Waals surface area contributed by atoms with Crippen LogP contribution in [0.25, 0.3) is 0 Å². The third-order valence-corrected chi connectivity index (χ3v) is 1.57. The van der Waals surface area contributed by atoms with Crippen LogP contribution >= 0.6 is 0 Å². The van der Waals surface area contributed by atoms with Crippen LogP contribution in [-0.4, -0.2) is 19.6 Å². The van der Waals surface area contributed by atoms with E-state index in [9.17, 15) is 4.79 Å². The number of unbranched alkanes of at least 4 members (excludes halogenated alkanes) is 3. The Kier molecular flexibility index (Phi) is 8.05. The molecule has 0 spiro atoms. The van der Waals surface area contributed by atoms with Crippen molar-refractivity contribution in [3.8, 4) is 0 Å². The Morgan fingerprint density at radius 1 is 1.33 bits per heavy atom. The fraction of sp³-hybridized carbons (Fsp3) is 0.875. The molecule has 0 bridgehead atoms. The minimum absolute atomic E-state index is 0.0507. The van der Waals surface area contributed by atoms with E-state index in [1.165, 1.54) is 7.11 Å². The van der Waals surface area contributed by atoms with Crippen molar-refractivity contribution in [1.82, 2.24) is 5.48 Å². The number of rotatable bonds is 7. The highest BCUT2D eigenvalue weighted by molar-refractivity contribution is 5.74. The maximum atomic E-state index is 10.8. The minimum Gasteiger partial charge on any atom is -0.330 e. The van der Waals surface area contributed by atoms with Crippen molar-refractivity contribution in [3.05, 3.63) is 0 Å². The summed E-state index contributed by atoms with van der Waals surface area (Å²) in [5, 5.41) is 0. The molecule has 4 nitrogen and oxygen atoms in total. The third kappa shape index (κ3) is 7.50. The second-order valence-corrected chi connectivity index (χ2v) is 2.68. The maximum absolute atomic E-state index is 10.8. The largest absolute Gasteiger partial charge is 0.330 e. The average Bonchev–Trinajstić information content (AvgIpc) is 2.05. The van der Waals surface area contributed by atoms with Gasteiger partial charge in [-0.1, -0.05) is 12.8 Å². The second-order valence-electron chi connectivity index (χ2n) is 2.68. The first-order chi connectivity index (χ1) is 5.81. The zero-order chi connectivity index (χ0) is 9.23. The summed E-state index contributed by atoms with van der Waals surface area (Å²) >= 11 is 0. The molecule has 0 aliphatic rings. The quantitative estimate of drug-likeness (QED) is 0.438. The Hall–Kier alpha value is -0.610. The van der Waals surface area contributed by atoms with Gasteiger partial charge in [-0.2, -0.15) is 0 Å². The van der Waals surface area contributed by atoms with Crippen LogP contribution in [0, 0.1) is 0 Å². The Balaban J connectivity index is 3.03. The van der Waals surface area contributed by atoms with E-state index in [4.69, 9.17) is 5.73 Å². The van der Waals surface area contributed by atoms with E-state index >= 15 is 0 Å². The van der Waals surface area contributed by atoms with Crippen molar-refractivity contribution in [1.29, 1.82) is 0 Å². The highest BCUT2D eigenvalue weighted by Gasteiger charge is 1.98. The monoisotopic (exact) mass is 174 g/mol. The normalized spacial score (nSPS) is 9.83. The van der Waals surface area contributed by atoms with Crippen molar-refractivity contribution < 1.29 is 9.63 Å². The van der Waals surface area contributed by atoms with Gasteiger partial charge >= 0.3 is 0 Å². The number of carbonyl (C=O) groups excluding carboxylic acids is 1. The number of hydrogen-bond donors (Lipinski definition) is 2. The number of nitrogens with one attached hydrogen (secondary N) is 1. The molecule has 0 rings (SSSR count). The molecular weight excluding hydrogens is 156 g/mol. The minimum atomic E-state index is -0.0507. The molecular formula is C8H18N2O2. The molecule has 0 atom stereocenters. The van der Waals surface area contributed by atoms with Crippen LogP contribution in [0.1, 0.15) is 32.1 Å². The van der Waals surface area contributed by atoms with Gasteiger partial charge in [0.05, 0.1) is 7.11 Å². The first-order valence-corrected chi connectivity index (χ1v) is 4.33. The number of carbonyl (C=O) groups is 1. The van der Waals surface area contributed by atoms with Crippen LogP contribution in [0.4, 0.5) is 0 Å². The van der Waals surface area contributed by atoms with Gasteiger partial charge in [-0.05, 0) is 19.4 Å². The lowest BCUT2D eigenvalue weighted by molar-refractivity contribution is -0.131. The van der Waals surface area contributed by atoms with Crippen molar-refractivity contribution in [2.75, 3.05) is 13.7 Å². The zero-order valence-corrected chi connectivity index (χ0v) is 7.64. The number of nitrogens with two attached hydrogens (primary N) is 1. The van der Waals surface area contributed by atoms with Gasteiger partial charge in [-0.3, -0.25) is 9.63 Å². The number of hydrogen-bond acceptors (Lipinski definition) is 3. The highest BCUT2D eigenvalue weighted by Crippen LogP contribution is 2.01. The van der Waals surface area contributed by atoms with Crippen LogP contribution in [0.5, 0.6) is 0 Å². The van der Waals surface area contributed by atoms with Gasteiger partial charge < -0.3 is 5.73 Å². The number of hydroxylamine groups is 1. The molecule has 3 N–H and O–H groups in total. The van der Waals surface area contributed by atoms with Gasteiger partial charge in [-0.25, -0.2) is 5.48 Å². The van der Waals surface area contributed by atoms with E-state index in [-0.39, 0.29) is 5.91 Å². The van der Waals surface area contributed by atoms with Crippen molar-refractivity contribution in [2.45, 2.75) is 32.1 Å². The molecule has 0 saturated carbocycles. The van der Waals surface area contributed by atoms with E-state index in [1.54, 1.807) is 0 Å². The highest BCUT2D eigenvalue weighted by atomic mass is 16.6. The second kappa shape index (κ2) is 8.49. The van der Waals surface area contributed by atoms with Crippen LogP contribution in [-0.2, 0) is 9.63 Å². The summed E-state index contributed by atoms with van der Waals surface area (Å²) < 4.78 is 0. The van der Waals surface area contributed by atoms with Crippen molar-refractivity contribution in [3.63, 3.8) is 0 Å². The summed E-state index contributed by atoms with van der Waals surface area (Å²) in [4.78, 5) is 15.3. The molecule has 0 unspecified atom stereocenters. The average molecular weight is 174 g/mol. The topological polar surface area (TPSA) is 64.3 Å². The summed E-state index contributed by atoms with van der Waals surface area (Å²) in [7, 11) is 1.44. The lowest BCUT2D eigenvalue weighted by Crippen LogP contribution is -2.21. The van der Waals surface area contributed by atoms with Crippen molar-refractivity contribution in [2.24, 2.45) is 5.73 Å². The molecule has 1 amide bonds. The zero-order valence-electron chi connectivity index (χ0n) is 7.64. The van der Waals surface area contributed by atoms with Crippen LogP contribution in [0.3, 0.4) is 0 Å². The van der Waals surface area contributed by atoms with Crippen LogP contribution < -0.4 is 11.2 Å². The molecule has 0 aliphatic carbocycles. The maximum Gasteiger partial charge on any atom is 0.243 e. The summed E-state index contributed by atoms with van der Waals surface area (Å²) in [5.74, 6) is -0.0507. The van der Waals surface area contributed by atoms with Crippen LogP contribution in [0.2, 0.25) is 0 Å². The molecule has 72 valence electrons. The summed E-state index contributed by atoms with van der Waals surface area (Å²) in [6.07, 6.45) is 4.67. The summed E-state index contributed by atoms with van der Waals surface area (Å²) in [6.45, 7) is 0.740. The fourth-order valence-corrected chi connectivity index (χ4v) is 0.948. The predicted octanol–water partition coefficient (Wildman–Crippen LogP) is 0.573. The SMILES string of the molecule is CONC(=O)CCCCCCN.